The Morgan fingerprint density at radius 1 is 1.18 bits per heavy atom. The molecule has 0 saturated carbocycles. The minimum absolute atomic E-state index is 0.0337. The lowest BCUT2D eigenvalue weighted by Crippen LogP contribution is -2.41. The van der Waals surface area contributed by atoms with Crippen LogP contribution in [0.2, 0.25) is 0 Å². The molecule has 0 fully saturated rings. The SMILES string of the molecule is COc1ccc(OCCCC(=O)NC2CC(C)(C)Oc3ccc(C)cc32)cc1. The van der Waals surface area contributed by atoms with Gasteiger partial charge in [0.25, 0.3) is 0 Å². The number of aryl methyl sites for hydroxylation is 1. The maximum Gasteiger partial charge on any atom is 0.220 e. The number of amides is 1. The molecule has 3 rings (SSSR count). The first-order valence-corrected chi connectivity index (χ1v) is 9.72. The van der Waals surface area contributed by atoms with Crippen LogP contribution < -0.4 is 19.5 Å². The summed E-state index contributed by atoms with van der Waals surface area (Å²) < 4.78 is 16.9. The fraction of sp³-hybridized carbons (Fsp3) is 0.435. The number of carbonyl (C=O) groups excluding carboxylic acids is 1. The zero-order valence-electron chi connectivity index (χ0n) is 17.1. The molecule has 5 heteroatoms. The highest BCUT2D eigenvalue weighted by molar-refractivity contribution is 5.76. The molecule has 0 saturated heterocycles. The summed E-state index contributed by atoms with van der Waals surface area (Å²) in [5.74, 6) is 2.46. The zero-order chi connectivity index (χ0) is 20.1. The average Bonchev–Trinajstić information content (AvgIpc) is 2.66. The fourth-order valence-electron chi connectivity index (χ4n) is 3.46. The molecule has 5 nitrogen and oxygen atoms in total. The van der Waals surface area contributed by atoms with Gasteiger partial charge in [-0.1, -0.05) is 17.7 Å². The van der Waals surface area contributed by atoms with E-state index in [0.717, 1.165) is 34.8 Å². The van der Waals surface area contributed by atoms with Crippen molar-refractivity contribution in [3.05, 3.63) is 53.6 Å². The summed E-state index contributed by atoms with van der Waals surface area (Å²) >= 11 is 0. The van der Waals surface area contributed by atoms with Crippen molar-refractivity contribution in [1.29, 1.82) is 0 Å². The number of benzene rings is 2. The molecule has 0 spiro atoms. The van der Waals surface area contributed by atoms with Crippen molar-refractivity contribution in [2.75, 3.05) is 13.7 Å². The second kappa shape index (κ2) is 8.55. The summed E-state index contributed by atoms with van der Waals surface area (Å²) in [5, 5.41) is 3.18. The van der Waals surface area contributed by atoms with Crippen LogP contribution in [0.3, 0.4) is 0 Å². The molecule has 1 heterocycles. The second-order valence-electron chi connectivity index (χ2n) is 7.85. The normalized spacial score (nSPS) is 17.2. The summed E-state index contributed by atoms with van der Waals surface area (Å²) in [5.41, 5.74) is 1.91. The van der Waals surface area contributed by atoms with Crippen LogP contribution in [-0.2, 0) is 4.79 Å². The van der Waals surface area contributed by atoms with Gasteiger partial charge in [-0.2, -0.15) is 0 Å². The van der Waals surface area contributed by atoms with Crippen molar-refractivity contribution in [2.45, 2.75) is 51.7 Å². The highest BCUT2D eigenvalue weighted by Crippen LogP contribution is 2.39. The Balaban J connectivity index is 1.51. The second-order valence-corrected chi connectivity index (χ2v) is 7.85. The first-order chi connectivity index (χ1) is 13.4. The van der Waals surface area contributed by atoms with Gasteiger partial charge in [0.05, 0.1) is 19.8 Å². The molecule has 2 aromatic carbocycles. The maximum absolute atomic E-state index is 12.5. The van der Waals surface area contributed by atoms with Crippen molar-refractivity contribution >= 4 is 5.91 Å². The van der Waals surface area contributed by atoms with E-state index in [-0.39, 0.29) is 17.6 Å². The fourth-order valence-corrected chi connectivity index (χ4v) is 3.46. The molecule has 1 N–H and O–H groups in total. The minimum atomic E-state index is -0.308. The van der Waals surface area contributed by atoms with Crippen LogP contribution in [-0.4, -0.2) is 25.2 Å². The summed E-state index contributed by atoms with van der Waals surface area (Å²) in [6, 6.07) is 13.5. The maximum atomic E-state index is 12.5. The lowest BCUT2D eigenvalue weighted by molar-refractivity contribution is -0.122. The molecule has 1 amide bonds. The van der Waals surface area contributed by atoms with E-state index in [1.54, 1.807) is 7.11 Å². The highest BCUT2D eigenvalue weighted by atomic mass is 16.5. The molecule has 2 aromatic rings. The lowest BCUT2D eigenvalue weighted by Gasteiger charge is -2.38. The van der Waals surface area contributed by atoms with Gasteiger partial charge >= 0.3 is 0 Å². The Morgan fingerprint density at radius 3 is 2.61 bits per heavy atom. The number of hydrogen-bond donors (Lipinski definition) is 1. The van der Waals surface area contributed by atoms with E-state index < -0.39 is 0 Å². The zero-order valence-corrected chi connectivity index (χ0v) is 17.1. The summed E-state index contributed by atoms with van der Waals surface area (Å²) in [7, 11) is 1.63. The molecule has 28 heavy (non-hydrogen) atoms. The van der Waals surface area contributed by atoms with E-state index >= 15 is 0 Å². The molecule has 0 radical (unpaired) electrons. The van der Waals surface area contributed by atoms with E-state index in [0.29, 0.717) is 19.4 Å². The number of fused-ring (bicyclic) bond motifs is 1. The predicted molar refractivity (Wildman–Crippen MR) is 109 cm³/mol. The van der Waals surface area contributed by atoms with Gasteiger partial charge < -0.3 is 19.5 Å². The van der Waals surface area contributed by atoms with Crippen LogP contribution in [0.15, 0.2) is 42.5 Å². The third kappa shape index (κ3) is 5.18. The van der Waals surface area contributed by atoms with Crippen LogP contribution in [0.1, 0.15) is 50.3 Å². The van der Waals surface area contributed by atoms with E-state index in [9.17, 15) is 4.79 Å². The van der Waals surface area contributed by atoms with Gasteiger partial charge in [0.15, 0.2) is 0 Å². The van der Waals surface area contributed by atoms with Crippen molar-refractivity contribution in [3.8, 4) is 17.2 Å². The molecule has 0 aliphatic carbocycles. The average molecular weight is 383 g/mol. The van der Waals surface area contributed by atoms with Crippen LogP contribution in [0.5, 0.6) is 17.2 Å². The molecule has 1 atom stereocenters. The predicted octanol–water partition coefficient (Wildman–Crippen LogP) is 4.58. The number of nitrogens with one attached hydrogen (secondary N) is 1. The molecule has 0 aromatic heterocycles. The molecular weight excluding hydrogens is 354 g/mol. The summed E-state index contributed by atoms with van der Waals surface area (Å²) in [4.78, 5) is 12.5. The van der Waals surface area contributed by atoms with Crippen LogP contribution in [0.4, 0.5) is 0 Å². The van der Waals surface area contributed by atoms with Gasteiger partial charge in [-0.3, -0.25) is 4.79 Å². The number of methoxy groups -OCH3 is 1. The van der Waals surface area contributed by atoms with E-state index in [4.69, 9.17) is 14.2 Å². The minimum Gasteiger partial charge on any atom is -0.497 e. The Hall–Kier alpha value is -2.69. The molecule has 1 aliphatic rings. The Kier molecular flexibility index (Phi) is 6.12. The molecule has 0 bridgehead atoms. The smallest absolute Gasteiger partial charge is 0.220 e. The van der Waals surface area contributed by atoms with E-state index in [1.165, 1.54) is 0 Å². The number of carbonyl (C=O) groups is 1. The Labute approximate surface area is 167 Å². The van der Waals surface area contributed by atoms with E-state index in [2.05, 4.69) is 32.2 Å². The van der Waals surface area contributed by atoms with Gasteiger partial charge in [-0.15, -0.1) is 0 Å². The van der Waals surface area contributed by atoms with Crippen molar-refractivity contribution in [1.82, 2.24) is 5.32 Å². The highest BCUT2D eigenvalue weighted by Gasteiger charge is 2.34. The van der Waals surface area contributed by atoms with Gasteiger partial charge in [-0.25, -0.2) is 0 Å². The topological polar surface area (TPSA) is 56.8 Å². The molecule has 1 unspecified atom stereocenters. The summed E-state index contributed by atoms with van der Waals surface area (Å²) in [6.07, 6.45) is 1.83. The van der Waals surface area contributed by atoms with Crippen molar-refractivity contribution < 1.29 is 19.0 Å². The third-order valence-electron chi connectivity index (χ3n) is 4.83. The van der Waals surface area contributed by atoms with Gasteiger partial charge in [0.2, 0.25) is 5.91 Å². The first kappa shape index (κ1) is 20.1. The van der Waals surface area contributed by atoms with Crippen molar-refractivity contribution in [2.24, 2.45) is 0 Å². The standard InChI is InChI=1S/C23H29NO4/c1-16-7-12-21-19(14-16)20(15-23(2,3)28-21)24-22(25)6-5-13-27-18-10-8-17(26-4)9-11-18/h7-12,14,20H,5-6,13,15H2,1-4H3,(H,24,25). The molecular formula is C23H29NO4. The Bertz CT molecular complexity index is 814. The Morgan fingerprint density at radius 2 is 1.89 bits per heavy atom. The monoisotopic (exact) mass is 383 g/mol. The first-order valence-electron chi connectivity index (χ1n) is 9.72. The van der Waals surface area contributed by atoms with Gasteiger partial charge in [0.1, 0.15) is 22.8 Å². The number of rotatable bonds is 7. The van der Waals surface area contributed by atoms with Crippen LogP contribution >= 0.6 is 0 Å². The lowest BCUT2D eigenvalue weighted by atomic mass is 9.89. The summed E-state index contributed by atoms with van der Waals surface area (Å²) in [6.45, 7) is 6.65. The van der Waals surface area contributed by atoms with Gasteiger partial charge in [-0.05, 0) is 57.5 Å². The largest absolute Gasteiger partial charge is 0.497 e. The quantitative estimate of drug-likeness (QED) is 0.711. The van der Waals surface area contributed by atoms with E-state index in [1.807, 2.05) is 36.4 Å². The third-order valence-corrected chi connectivity index (χ3v) is 4.83. The number of ether oxygens (including phenoxy) is 3. The van der Waals surface area contributed by atoms with Gasteiger partial charge in [0, 0.05) is 18.4 Å². The molecule has 150 valence electrons. The van der Waals surface area contributed by atoms with Crippen molar-refractivity contribution in [3.63, 3.8) is 0 Å². The van der Waals surface area contributed by atoms with Crippen LogP contribution in [0, 0.1) is 6.92 Å². The number of hydrogen-bond acceptors (Lipinski definition) is 4. The van der Waals surface area contributed by atoms with Crippen LogP contribution in [0.25, 0.3) is 0 Å². The molecule has 1 aliphatic heterocycles.